The molecule has 0 N–H and O–H groups in total. The molecule has 0 radical (unpaired) electrons. The van der Waals surface area contributed by atoms with Gasteiger partial charge >= 0.3 is 0 Å². The normalized spacial score (nSPS) is 12.6. The topological polar surface area (TPSA) is 35.9 Å². The van der Waals surface area contributed by atoms with Gasteiger partial charge in [0.1, 0.15) is 23.1 Å². The first-order valence-corrected chi connectivity index (χ1v) is 18.6. The van der Waals surface area contributed by atoms with Crippen LogP contribution >= 0.6 is 0 Å². The molecular formula is C48H47FN4O. The highest BCUT2D eigenvalue weighted by molar-refractivity contribution is 6.09. The molecule has 0 atom stereocenters. The molecular weight excluding hydrogens is 668 g/mol. The molecule has 0 unspecified atom stereocenters. The summed E-state index contributed by atoms with van der Waals surface area (Å²) in [7, 11) is 0. The summed E-state index contributed by atoms with van der Waals surface area (Å²) in [5.74, 6) is 1.86. The van der Waals surface area contributed by atoms with Gasteiger partial charge in [0.25, 0.3) is 6.33 Å². The minimum atomic E-state index is -0.276. The SMILES string of the molecule is CC(C)(C)c1cc(-[n+]2[c-]n(-c3cccc(Oc4ccc5c6cc(F)ccc6n(-c6cc(C(C)(C)C)ccn6)c5c4)c3)c3ccccc32)cc(C(C)(C)C)c1. The third kappa shape index (κ3) is 6.44. The number of para-hydroxylation sites is 2. The maximum atomic E-state index is 14.6. The summed E-state index contributed by atoms with van der Waals surface area (Å²) in [6.07, 6.45) is 5.54. The zero-order valence-electron chi connectivity index (χ0n) is 32.6. The zero-order valence-corrected chi connectivity index (χ0v) is 32.6. The fourth-order valence-electron chi connectivity index (χ4n) is 7.16. The molecule has 8 aromatic rings. The van der Waals surface area contributed by atoms with Crippen molar-refractivity contribution in [2.75, 3.05) is 0 Å². The van der Waals surface area contributed by atoms with Gasteiger partial charge in [-0.25, -0.2) is 9.37 Å². The second-order valence-corrected chi connectivity index (χ2v) is 17.5. The van der Waals surface area contributed by atoms with Crippen LogP contribution in [0.25, 0.3) is 50.0 Å². The van der Waals surface area contributed by atoms with Gasteiger partial charge < -0.3 is 4.74 Å². The number of halogens is 1. The van der Waals surface area contributed by atoms with Crippen molar-refractivity contribution in [3.05, 3.63) is 150 Å². The second-order valence-electron chi connectivity index (χ2n) is 17.5. The largest absolute Gasteiger partial charge is 0.458 e. The Balaban J connectivity index is 1.22. The molecule has 6 heteroatoms. The molecule has 3 heterocycles. The van der Waals surface area contributed by atoms with E-state index in [9.17, 15) is 4.39 Å². The molecule has 0 saturated heterocycles. The molecule has 0 bridgehead atoms. The monoisotopic (exact) mass is 714 g/mol. The molecule has 0 saturated carbocycles. The number of hydrogen-bond donors (Lipinski definition) is 0. The average Bonchev–Trinajstić information content (AvgIpc) is 3.66. The molecule has 5 aromatic carbocycles. The lowest BCUT2D eigenvalue weighted by Crippen LogP contribution is -2.31. The van der Waals surface area contributed by atoms with E-state index in [1.165, 1.54) is 22.8 Å². The van der Waals surface area contributed by atoms with Crippen LogP contribution in [0, 0.1) is 12.1 Å². The number of fused-ring (bicyclic) bond motifs is 4. The van der Waals surface area contributed by atoms with Gasteiger partial charge in [-0.05, 0) is 106 Å². The average molecular weight is 715 g/mol. The van der Waals surface area contributed by atoms with E-state index in [2.05, 4.69) is 143 Å². The second kappa shape index (κ2) is 12.7. The van der Waals surface area contributed by atoms with Crippen molar-refractivity contribution in [3.63, 3.8) is 0 Å². The van der Waals surface area contributed by atoms with Crippen molar-refractivity contribution in [2.24, 2.45) is 0 Å². The Morgan fingerprint density at radius 3 is 2.02 bits per heavy atom. The highest BCUT2D eigenvalue weighted by atomic mass is 19.1. The van der Waals surface area contributed by atoms with E-state index in [0.29, 0.717) is 11.5 Å². The molecule has 272 valence electrons. The minimum Gasteiger partial charge on any atom is -0.458 e. The number of rotatable bonds is 5. The number of nitrogens with zero attached hydrogens (tertiary/aromatic N) is 4. The van der Waals surface area contributed by atoms with Crippen LogP contribution in [0.4, 0.5) is 4.39 Å². The Bertz CT molecular complexity index is 2680. The maximum absolute atomic E-state index is 14.6. The Hall–Kier alpha value is -5.75. The van der Waals surface area contributed by atoms with Crippen LogP contribution in [-0.4, -0.2) is 14.1 Å². The van der Waals surface area contributed by atoms with Crippen molar-refractivity contribution in [3.8, 4) is 28.7 Å². The summed E-state index contributed by atoms with van der Waals surface area (Å²) >= 11 is 0. The standard InChI is InChI=1S/C48H47FN4O/c1-46(2,3)31-21-22-50-45(26-31)53-41-20-17-34(49)27-40(41)39-19-18-38(29-44(39)53)54-37-14-12-13-35(28-37)51-30-52(43-16-11-10-15-42(43)51)36-24-32(47(4,5)6)23-33(25-36)48(7,8)9/h10-29H,1-9H3. The quantitative estimate of drug-likeness (QED) is 0.131. The van der Waals surface area contributed by atoms with E-state index < -0.39 is 0 Å². The maximum Gasteiger partial charge on any atom is 0.269 e. The van der Waals surface area contributed by atoms with E-state index in [1.54, 1.807) is 6.07 Å². The van der Waals surface area contributed by atoms with Crippen LogP contribution in [0.2, 0.25) is 0 Å². The molecule has 3 aromatic heterocycles. The molecule has 0 aliphatic rings. The van der Waals surface area contributed by atoms with Crippen molar-refractivity contribution >= 4 is 32.8 Å². The first-order chi connectivity index (χ1) is 25.5. The Morgan fingerprint density at radius 1 is 0.593 bits per heavy atom. The van der Waals surface area contributed by atoms with Crippen LogP contribution < -0.4 is 9.30 Å². The Labute approximate surface area is 317 Å². The van der Waals surface area contributed by atoms with Crippen molar-refractivity contribution in [1.82, 2.24) is 14.1 Å². The van der Waals surface area contributed by atoms with E-state index in [-0.39, 0.29) is 22.1 Å². The molecule has 8 rings (SSSR count). The fourth-order valence-corrected chi connectivity index (χ4v) is 7.16. The number of benzene rings is 5. The fraction of sp³-hybridized carbons (Fsp3) is 0.250. The number of aromatic nitrogens is 4. The van der Waals surface area contributed by atoms with Gasteiger partial charge in [-0.1, -0.05) is 98.7 Å². The lowest BCUT2D eigenvalue weighted by Gasteiger charge is -2.26. The summed E-state index contributed by atoms with van der Waals surface area (Å²) < 4.78 is 27.6. The first kappa shape index (κ1) is 35.3. The third-order valence-electron chi connectivity index (χ3n) is 10.3. The van der Waals surface area contributed by atoms with E-state index in [0.717, 1.165) is 50.0 Å². The Morgan fingerprint density at radius 2 is 1.30 bits per heavy atom. The Kier molecular flexibility index (Phi) is 8.29. The lowest BCUT2D eigenvalue weighted by molar-refractivity contribution is -0.572. The van der Waals surface area contributed by atoms with Crippen LogP contribution in [0.3, 0.4) is 0 Å². The summed E-state index contributed by atoms with van der Waals surface area (Å²) in [5, 5.41) is 1.75. The van der Waals surface area contributed by atoms with Crippen molar-refractivity contribution < 1.29 is 13.7 Å². The number of ether oxygens (including phenoxy) is 1. The van der Waals surface area contributed by atoms with Gasteiger partial charge in [-0.15, -0.1) is 0 Å². The van der Waals surface area contributed by atoms with Crippen LogP contribution in [0.5, 0.6) is 11.5 Å². The van der Waals surface area contributed by atoms with Gasteiger partial charge in [0.05, 0.1) is 33.4 Å². The predicted octanol–water partition coefficient (Wildman–Crippen LogP) is 12.0. The summed E-state index contributed by atoms with van der Waals surface area (Å²) in [5.41, 5.74) is 9.55. The third-order valence-corrected chi connectivity index (χ3v) is 10.3. The molecule has 54 heavy (non-hydrogen) atoms. The molecule has 0 aliphatic carbocycles. The number of pyridine rings is 1. The molecule has 5 nitrogen and oxygen atoms in total. The van der Waals surface area contributed by atoms with Gasteiger partial charge in [0.2, 0.25) is 0 Å². The molecule has 0 spiro atoms. The number of hydrogen-bond acceptors (Lipinski definition) is 2. The van der Waals surface area contributed by atoms with Gasteiger partial charge in [-0.2, -0.15) is 0 Å². The number of imidazole rings is 1. The first-order valence-electron chi connectivity index (χ1n) is 18.6. The summed E-state index contributed by atoms with van der Waals surface area (Å²) in [4.78, 5) is 4.78. The van der Waals surface area contributed by atoms with E-state index in [1.807, 2.05) is 48.7 Å². The van der Waals surface area contributed by atoms with Crippen LogP contribution in [0.15, 0.2) is 121 Å². The van der Waals surface area contributed by atoms with E-state index in [4.69, 9.17) is 9.72 Å². The van der Waals surface area contributed by atoms with Crippen LogP contribution in [0.1, 0.15) is 79.0 Å². The van der Waals surface area contributed by atoms with Crippen molar-refractivity contribution in [2.45, 2.75) is 78.6 Å². The zero-order chi connectivity index (χ0) is 38.2. The van der Waals surface area contributed by atoms with E-state index >= 15 is 0 Å². The molecule has 0 amide bonds. The molecule has 0 fully saturated rings. The minimum absolute atomic E-state index is 0.0127. The smallest absolute Gasteiger partial charge is 0.269 e. The van der Waals surface area contributed by atoms with Gasteiger partial charge in [0.15, 0.2) is 0 Å². The molecule has 0 aliphatic heterocycles. The van der Waals surface area contributed by atoms with Crippen LogP contribution in [-0.2, 0) is 16.2 Å². The van der Waals surface area contributed by atoms with Gasteiger partial charge in [-0.3, -0.25) is 13.7 Å². The van der Waals surface area contributed by atoms with Gasteiger partial charge in [0, 0.05) is 23.0 Å². The lowest BCUT2D eigenvalue weighted by atomic mass is 9.80. The van der Waals surface area contributed by atoms with Crippen molar-refractivity contribution in [1.29, 1.82) is 0 Å². The predicted molar refractivity (Wildman–Crippen MR) is 218 cm³/mol. The highest BCUT2D eigenvalue weighted by Crippen LogP contribution is 2.37. The highest BCUT2D eigenvalue weighted by Gasteiger charge is 2.23. The summed E-state index contributed by atoms with van der Waals surface area (Å²) in [6.45, 7) is 20.2. The summed E-state index contributed by atoms with van der Waals surface area (Å²) in [6, 6.07) is 38.5.